The van der Waals surface area contributed by atoms with E-state index in [1.165, 1.54) is 0 Å². The highest BCUT2D eigenvalue weighted by Gasteiger charge is 2.48. The van der Waals surface area contributed by atoms with Crippen molar-refractivity contribution in [3.63, 3.8) is 0 Å². The normalized spacial score (nSPS) is 32.3. The molecule has 1 saturated heterocycles. The topological polar surface area (TPSA) is 74.8 Å². The van der Waals surface area contributed by atoms with Crippen molar-refractivity contribution in [3.8, 4) is 0 Å². The molecule has 78 valence electrons. The molecule has 6 nitrogen and oxygen atoms in total. The van der Waals surface area contributed by atoms with Crippen molar-refractivity contribution in [3.05, 3.63) is 0 Å². The maximum atomic E-state index is 9.12. The van der Waals surface area contributed by atoms with Gasteiger partial charge in [-0.3, -0.25) is 20.7 Å². The number of rotatable bonds is 4. The molecule has 0 saturated carbocycles. The predicted molar refractivity (Wildman–Crippen MR) is 46.8 cm³/mol. The fourth-order valence-electron chi connectivity index (χ4n) is 1.20. The molecule has 1 fully saturated rings. The van der Waals surface area contributed by atoms with Gasteiger partial charge in [-0.25, -0.2) is 0 Å². The van der Waals surface area contributed by atoms with Gasteiger partial charge in [-0.1, -0.05) is 0 Å². The Hall–Kier alpha value is -0.240. The van der Waals surface area contributed by atoms with Crippen molar-refractivity contribution in [1.82, 2.24) is 16.0 Å². The number of hydrogen-bond donors (Lipinski definition) is 4. The van der Waals surface area contributed by atoms with E-state index in [-0.39, 0.29) is 13.2 Å². The molecule has 0 bridgehead atoms. The van der Waals surface area contributed by atoms with Gasteiger partial charge in [0.2, 0.25) is 0 Å². The van der Waals surface area contributed by atoms with E-state index in [9.17, 15) is 0 Å². The molecule has 13 heavy (non-hydrogen) atoms. The molecule has 6 heteroatoms. The zero-order chi connectivity index (χ0) is 9.95. The van der Waals surface area contributed by atoms with Crippen LogP contribution >= 0.6 is 0 Å². The van der Waals surface area contributed by atoms with Crippen LogP contribution in [-0.2, 0) is 9.47 Å². The van der Waals surface area contributed by atoms with Gasteiger partial charge in [0.05, 0.1) is 13.2 Å². The Morgan fingerprint density at radius 1 is 1.23 bits per heavy atom. The molecule has 1 rings (SSSR count). The van der Waals surface area contributed by atoms with E-state index < -0.39 is 11.8 Å². The number of aliphatic hydroxyl groups is 1. The summed E-state index contributed by atoms with van der Waals surface area (Å²) in [5.41, 5.74) is -0.827. The Bertz CT molecular complexity index is 150. The van der Waals surface area contributed by atoms with Crippen LogP contribution < -0.4 is 16.0 Å². The third kappa shape index (κ3) is 1.83. The molecular weight excluding hydrogens is 174 g/mol. The Kier molecular flexibility index (Phi) is 3.23. The summed E-state index contributed by atoms with van der Waals surface area (Å²) < 4.78 is 10.9. The van der Waals surface area contributed by atoms with E-state index in [4.69, 9.17) is 14.6 Å². The predicted octanol–water partition coefficient (Wildman–Crippen LogP) is -2.01. The van der Waals surface area contributed by atoms with E-state index in [2.05, 4.69) is 16.0 Å². The van der Waals surface area contributed by atoms with E-state index >= 15 is 0 Å². The largest absolute Gasteiger partial charge is 0.392 e. The van der Waals surface area contributed by atoms with Crippen molar-refractivity contribution in [1.29, 1.82) is 0 Å². The highest BCUT2D eigenvalue weighted by molar-refractivity contribution is 4.84. The molecule has 1 aliphatic rings. The number of ether oxygens (including phenoxy) is 2. The van der Waals surface area contributed by atoms with Crippen LogP contribution in [0.4, 0.5) is 0 Å². The minimum atomic E-state index is -1.01. The van der Waals surface area contributed by atoms with Crippen LogP contribution in [0.5, 0.6) is 0 Å². The smallest absolute Gasteiger partial charge is 0.293 e. The van der Waals surface area contributed by atoms with Crippen molar-refractivity contribution >= 4 is 0 Å². The highest BCUT2D eigenvalue weighted by atomic mass is 16.8. The SMILES string of the molecule is CNC1(CO)COC(NC)(NC)O1. The molecule has 0 aromatic heterocycles. The third-order valence-corrected chi connectivity index (χ3v) is 2.22. The van der Waals surface area contributed by atoms with Gasteiger partial charge in [0.25, 0.3) is 6.03 Å². The Labute approximate surface area is 77.6 Å². The second-order valence-corrected chi connectivity index (χ2v) is 2.91. The zero-order valence-electron chi connectivity index (χ0n) is 8.18. The minimum absolute atomic E-state index is 0.144. The van der Waals surface area contributed by atoms with Crippen LogP contribution in [0.25, 0.3) is 0 Å². The fraction of sp³-hybridized carbons (Fsp3) is 1.00. The molecule has 0 amide bonds. The van der Waals surface area contributed by atoms with Crippen LogP contribution in [-0.4, -0.2) is 51.2 Å². The number of likely N-dealkylation sites (N-methyl/N-ethyl adjacent to an activating group) is 1. The lowest BCUT2D eigenvalue weighted by molar-refractivity contribution is -0.232. The molecule has 4 N–H and O–H groups in total. The summed E-state index contributed by atoms with van der Waals surface area (Å²) >= 11 is 0. The van der Waals surface area contributed by atoms with Gasteiger partial charge in [0, 0.05) is 0 Å². The monoisotopic (exact) mass is 191 g/mol. The van der Waals surface area contributed by atoms with E-state index in [0.717, 1.165) is 0 Å². The quantitative estimate of drug-likeness (QED) is 0.385. The molecule has 1 atom stereocenters. The third-order valence-electron chi connectivity index (χ3n) is 2.22. The van der Waals surface area contributed by atoms with Crippen molar-refractivity contribution in [2.24, 2.45) is 0 Å². The van der Waals surface area contributed by atoms with Gasteiger partial charge >= 0.3 is 0 Å². The summed E-state index contributed by atoms with van der Waals surface area (Å²) in [5.74, 6) is 0. The number of nitrogens with one attached hydrogen (secondary N) is 3. The molecule has 0 aliphatic carbocycles. The van der Waals surface area contributed by atoms with Gasteiger partial charge in [-0.05, 0) is 21.1 Å². The molecule has 1 unspecified atom stereocenters. The van der Waals surface area contributed by atoms with E-state index in [1.807, 2.05) is 0 Å². The Balaban J connectivity index is 2.69. The molecule has 1 heterocycles. The van der Waals surface area contributed by atoms with Crippen molar-refractivity contribution < 1.29 is 14.6 Å². The summed E-state index contributed by atoms with van der Waals surface area (Å²) in [5, 5.41) is 17.7. The molecule has 1 aliphatic heterocycles. The first kappa shape index (κ1) is 10.8. The molecule has 0 radical (unpaired) electrons. The lowest BCUT2D eigenvalue weighted by Gasteiger charge is -2.30. The summed E-state index contributed by atoms with van der Waals surface area (Å²) in [6, 6.07) is -1.01. The van der Waals surface area contributed by atoms with E-state index in [0.29, 0.717) is 0 Å². The summed E-state index contributed by atoms with van der Waals surface area (Å²) in [7, 11) is 5.13. The standard InChI is InChI=1S/C7H17N3O3/c1-8-6(4-11)5-12-7(9-2,10-3)13-6/h8-11H,4-5H2,1-3H3. The second-order valence-electron chi connectivity index (χ2n) is 2.91. The zero-order valence-corrected chi connectivity index (χ0v) is 8.18. The summed E-state index contributed by atoms with van der Waals surface area (Å²) in [6.07, 6.45) is 0. The molecule has 0 spiro atoms. The average molecular weight is 191 g/mol. The van der Waals surface area contributed by atoms with Gasteiger partial charge < -0.3 is 9.84 Å². The first-order valence-electron chi connectivity index (χ1n) is 4.17. The van der Waals surface area contributed by atoms with Crippen LogP contribution in [0, 0.1) is 0 Å². The fourth-order valence-corrected chi connectivity index (χ4v) is 1.20. The van der Waals surface area contributed by atoms with Crippen LogP contribution in [0.1, 0.15) is 0 Å². The first-order chi connectivity index (χ1) is 6.16. The highest BCUT2D eigenvalue weighted by Crippen LogP contribution is 2.24. The minimum Gasteiger partial charge on any atom is -0.392 e. The molecule has 0 aromatic rings. The van der Waals surface area contributed by atoms with Crippen LogP contribution in [0.3, 0.4) is 0 Å². The molecular formula is C7H17N3O3. The maximum absolute atomic E-state index is 9.12. The molecule has 0 aromatic carbocycles. The van der Waals surface area contributed by atoms with Crippen molar-refractivity contribution in [2.45, 2.75) is 11.8 Å². The number of aliphatic hydroxyl groups excluding tert-OH is 1. The van der Waals surface area contributed by atoms with Crippen LogP contribution in [0.2, 0.25) is 0 Å². The number of hydrogen-bond acceptors (Lipinski definition) is 6. The maximum Gasteiger partial charge on any atom is 0.293 e. The van der Waals surface area contributed by atoms with Crippen LogP contribution in [0.15, 0.2) is 0 Å². The Morgan fingerprint density at radius 3 is 2.08 bits per heavy atom. The van der Waals surface area contributed by atoms with Crippen molar-refractivity contribution in [2.75, 3.05) is 34.4 Å². The van der Waals surface area contributed by atoms with E-state index in [1.54, 1.807) is 21.1 Å². The van der Waals surface area contributed by atoms with Gasteiger partial charge in [-0.15, -0.1) is 0 Å². The lowest BCUT2D eigenvalue weighted by Crippen LogP contribution is -2.59. The van der Waals surface area contributed by atoms with Gasteiger partial charge in [0.1, 0.15) is 0 Å². The first-order valence-corrected chi connectivity index (χ1v) is 4.17. The van der Waals surface area contributed by atoms with Gasteiger partial charge in [-0.2, -0.15) is 0 Å². The summed E-state index contributed by atoms with van der Waals surface area (Å²) in [4.78, 5) is 0. The Morgan fingerprint density at radius 2 is 1.85 bits per heavy atom. The average Bonchev–Trinajstić information content (AvgIpc) is 2.59. The lowest BCUT2D eigenvalue weighted by atomic mass is 10.3. The van der Waals surface area contributed by atoms with Gasteiger partial charge in [0.15, 0.2) is 5.72 Å². The summed E-state index contributed by atoms with van der Waals surface area (Å²) in [6.45, 7) is 0.135. The second kappa shape index (κ2) is 3.87.